The summed E-state index contributed by atoms with van der Waals surface area (Å²) in [6.45, 7) is 3.99. The van der Waals surface area contributed by atoms with E-state index in [-0.39, 0.29) is 0 Å². The van der Waals surface area contributed by atoms with E-state index in [0.29, 0.717) is 11.7 Å². The second kappa shape index (κ2) is 4.53. The molecular formula is C12H21N3O. The Bertz CT molecular complexity index is 340. The number of nitrogens with zero attached hydrogens (tertiary/aromatic N) is 2. The zero-order valence-corrected chi connectivity index (χ0v) is 10.2. The van der Waals surface area contributed by atoms with Crippen molar-refractivity contribution in [1.82, 2.24) is 10.1 Å². The minimum absolute atomic E-state index is 0.461. The largest absolute Gasteiger partial charge is 0.339 e. The van der Waals surface area contributed by atoms with Gasteiger partial charge < -0.3 is 10.3 Å². The van der Waals surface area contributed by atoms with Crippen LogP contribution in [0.15, 0.2) is 4.52 Å². The molecule has 0 saturated heterocycles. The molecule has 0 amide bonds. The normalized spacial score (nSPS) is 21.9. The lowest BCUT2D eigenvalue weighted by Gasteiger charge is -2.18. The van der Waals surface area contributed by atoms with Gasteiger partial charge in [0.25, 0.3) is 0 Å². The van der Waals surface area contributed by atoms with E-state index < -0.39 is 5.54 Å². The molecule has 4 heteroatoms. The third kappa shape index (κ3) is 2.26. The maximum absolute atomic E-state index is 6.10. The van der Waals surface area contributed by atoms with Crippen molar-refractivity contribution in [2.75, 3.05) is 0 Å². The smallest absolute Gasteiger partial charge is 0.229 e. The average Bonchev–Trinajstić information content (AvgIpc) is 2.80. The molecule has 1 aromatic rings. The lowest BCUT2D eigenvalue weighted by atomic mass is 9.89. The van der Waals surface area contributed by atoms with Crippen LogP contribution >= 0.6 is 0 Å². The van der Waals surface area contributed by atoms with Crippen molar-refractivity contribution < 1.29 is 4.52 Å². The molecule has 90 valence electrons. The number of aromatic nitrogens is 2. The Balaban J connectivity index is 2.12. The monoisotopic (exact) mass is 223 g/mol. The molecule has 0 radical (unpaired) electrons. The van der Waals surface area contributed by atoms with Crippen LogP contribution in [0.4, 0.5) is 0 Å². The highest BCUT2D eigenvalue weighted by molar-refractivity contribution is 5.03. The predicted molar refractivity (Wildman–Crippen MR) is 62.0 cm³/mol. The molecule has 1 aliphatic rings. The van der Waals surface area contributed by atoms with Gasteiger partial charge in [0.15, 0.2) is 5.82 Å². The molecule has 1 saturated carbocycles. The van der Waals surface area contributed by atoms with Gasteiger partial charge in [0, 0.05) is 5.92 Å². The average molecular weight is 223 g/mol. The third-order valence-corrected chi connectivity index (χ3v) is 3.64. The van der Waals surface area contributed by atoms with E-state index in [9.17, 15) is 0 Å². The number of rotatable bonds is 3. The first-order valence-electron chi connectivity index (χ1n) is 6.26. The van der Waals surface area contributed by atoms with Crippen molar-refractivity contribution in [1.29, 1.82) is 0 Å². The van der Waals surface area contributed by atoms with Crippen LogP contribution in [-0.4, -0.2) is 10.1 Å². The standard InChI is InChI=1S/C12H21N3O/c1-3-12(2,13)11-14-10(16-15-11)9-7-5-4-6-8-9/h9H,3-8,13H2,1-2H3. The highest BCUT2D eigenvalue weighted by Crippen LogP contribution is 2.32. The number of hydrogen-bond acceptors (Lipinski definition) is 4. The summed E-state index contributed by atoms with van der Waals surface area (Å²) in [5, 5.41) is 4.02. The van der Waals surface area contributed by atoms with Gasteiger partial charge in [-0.05, 0) is 26.2 Å². The van der Waals surface area contributed by atoms with Crippen molar-refractivity contribution in [3.8, 4) is 0 Å². The maximum Gasteiger partial charge on any atom is 0.229 e. The van der Waals surface area contributed by atoms with Gasteiger partial charge >= 0.3 is 0 Å². The summed E-state index contributed by atoms with van der Waals surface area (Å²) in [6.07, 6.45) is 7.05. The molecule has 1 aliphatic carbocycles. The topological polar surface area (TPSA) is 64.9 Å². The molecule has 16 heavy (non-hydrogen) atoms. The van der Waals surface area contributed by atoms with Crippen LogP contribution in [0.1, 0.15) is 70.0 Å². The molecule has 2 N–H and O–H groups in total. The Morgan fingerprint density at radius 2 is 2.06 bits per heavy atom. The molecule has 0 spiro atoms. The Morgan fingerprint density at radius 3 is 2.69 bits per heavy atom. The summed E-state index contributed by atoms with van der Waals surface area (Å²) in [6, 6.07) is 0. The van der Waals surface area contributed by atoms with Crippen LogP contribution in [0.25, 0.3) is 0 Å². The Morgan fingerprint density at radius 1 is 1.38 bits per heavy atom. The molecule has 4 nitrogen and oxygen atoms in total. The van der Waals surface area contributed by atoms with Crippen LogP contribution in [0.2, 0.25) is 0 Å². The fraction of sp³-hybridized carbons (Fsp3) is 0.833. The van der Waals surface area contributed by atoms with Gasteiger partial charge in [-0.15, -0.1) is 0 Å². The number of nitrogens with two attached hydrogens (primary N) is 1. The Hall–Kier alpha value is -0.900. The van der Waals surface area contributed by atoms with E-state index in [1.54, 1.807) is 0 Å². The Labute approximate surface area is 96.6 Å². The third-order valence-electron chi connectivity index (χ3n) is 3.64. The van der Waals surface area contributed by atoms with Crippen LogP contribution in [0.5, 0.6) is 0 Å². The quantitative estimate of drug-likeness (QED) is 0.855. The summed E-state index contributed by atoms with van der Waals surface area (Å²) >= 11 is 0. The summed E-state index contributed by atoms with van der Waals surface area (Å²) in [5.74, 6) is 1.90. The lowest BCUT2D eigenvalue weighted by Crippen LogP contribution is -2.33. The molecule has 1 fully saturated rings. The molecular weight excluding hydrogens is 202 g/mol. The minimum atomic E-state index is -0.462. The van der Waals surface area contributed by atoms with Gasteiger partial charge in [0.2, 0.25) is 5.89 Å². The first-order valence-corrected chi connectivity index (χ1v) is 6.26. The summed E-state index contributed by atoms with van der Waals surface area (Å²) < 4.78 is 5.35. The van der Waals surface area contributed by atoms with E-state index in [1.807, 2.05) is 13.8 Å². The van der Waals surface area contributed by atoms with E-state index in [2.05, 4.69) is 10.1 Å². The van der Waals surface area contributed by atoms with E-state index in [4.69, 9.17) is 10.3 Å². The number of hydrogen-bond donors (Lipinski definition) is 1. The second-order valence-electron chi connectivity index (χ2n) is 5.06. The van der Waals surface area contributed by atoms with Gasteiger partial charge in [0.05, 0.1) is 5.54 Å². The van der Waals surface area contributed by atoms with Crippen LogP contribution in [0.3, 0.4) is 0 Å². The van der Waals surface area contributed by atoms with Crippen LogP contribution < -0.4 is 5.73 Å². The second-order valence-corrected chi connectivity index (χ2v) is 5.06. The molecule has 1 atom stereocenters. The molecule has 0 bridgehead atoms. The summed E-state index contributed by atoms with van der Waals surface area (Å²) in [5.41, 5.74) is 5.63. The summed E-state index contributed by atoms with van der Waals surface area (Å²) in [4.78, 5) is 4.47. The van der Waals surface area contributed by atoms with Crippen LogP contribution in [0, 0.1) is 0 Å². The maximum atomic E-state index is 6.10. The molecule has 1 aromatic heterocycles. The Kier molecular flexibility index (Phi) is 3.28. The van der Waals surface area contributed by atoms with E-state index in [0.717, 1.165) is 12.3 Å². The van der Waals surface area contributed by atoms with Crippen LogP contribution in [-0.2, 0) is 5.54 Å². The first-order chi connectivity index (χ1) is 7.63. The molecule has 0 aromatic carbocycles. The predicted octanol–water partition coefficient (Wildman–Crippen LogP) is 2.70. The van der Waals surface area contributed by atoms with Crippen molar-refractivity contribution in [3.63, 3.8) is 0 Å². The molecule has 1 unspecified atom stereocenters. The van der Waals surface area contributed by atoms with Crippen molar-refractivity contribution in [3.05, 3.63) is 11.7 Å². The highest BCUT2D eigenvalue weighted by atomic mass is 16.5. The van der Waals surface area contributed by atoms with Crippen molar-refractivity contribution in [2.24, 2.45) is 5.73 Å². The fourth-order valence-electron chi connectivity index (χ4n) is 2.14. The van der Waals surface area contributed by atoms with Gasteiger partial charge in [-0.1, -0.05) is 31.3 Å². The highest BCUT2D eigenvalue weighted by Gasteiger charge is 2.28. The lowest BCUT2D eigenvalue weighted by molar-refractivity contribution is 0.306. The molecule has 1 heterocycles. The SMILES string of the molecule is CCC(C)(N)c1noc(C2CCCCC2)n1. The fourth-order valence-corrected chi connectivity index (χ4v) is 2.14. The minimum Gasteiger partial charge on any atom is -0.339 e. The zero-order valence-electron chi connectivity index (χ0n) is 10.2. The van der Waals surface area contributed by atoms with Gasteiger partial charge in [0.1, 0.15) is 0 Å². The molecule has 0 aliphatic heterocycles. The van der Waals surface area contributed by atoms with E-state index >= 15 is 0 Å². The van der Waals surface area contributed by atoms with Gasteiger partial charge in [-0.2, -0.15) is 4.98 Å². The van der Waals surface area contributed by atoms with Crippen molar-refractivity contribution >= 4 is 0 Å². The molecule has 2 rings (SSSR count). The van der Waals surface area contributed by atoms with E-state index in [1.165, 1.54) is 32.1 Å². The first kappa shape index (κ1) is 11.6. The zero-order chi connectivity index (χ0) is 11.6. The summed E-state index contributed by atoms with van der Waals surface area (Å²) in [7, 11) is 0. The van der Waals surface area contributed by atoms with Gasteiger partial charge in [-0.3, -0.25) is 0 Å². The van der Waals surface area contributed by atoms with Gasteiger partial charge in [-0.25, -0.2) is 0 Å². The van der Waals surface area contributed by atoms with Crippen molar-refractivity contribution in [2.45, 2.75) is 63.8 Å².